The molecule has 0 aliphatic heterocycles. The van der Waals surface area contributed by atoms with Gasteiger partial charge in [0.2, 0.25) is 0 Å². The summed E-state index contributed by atoms with van der Waals surface area (Å²) in [5.41, 5.74) is -1.43. The van der Waals surface area contributed by atoms with E-state index in [4.69, 9.17) is 34.4 Å². The fourth-order valence-corrected chi connectivity index (χ4v) is 3.71. The molecule has 0 saturated heterocycles. The van der Waals surface area contributed by atoms with Crippen LogP contribution in [0.1, 0.15) is 25.0 Å². The van der Waals surface area contributed by atoms with Crippen LogP contribution in [0.5, 0.6) is 0 Å². The predicted molar refractivity (Wildman–Crippen MR) is 96.9 cm³/mol. The number of halogens is 6. The van der Waals surface area contributed by atoms with Crippen LogP contribution in [-0.4, -0.2) is 5.97 Å². The Bertz CT molecular complexity index is 798. The highest BCUT2D eigenvalue weighted by Gasteiger charge is 2.61. The summed E-state index contributed by atoms with van der Waals surface area (Å²) in [4.78, 5) is 12.3. The maximum Gasteiger partial charge on any atom is 0.310 e. The van der Waals surface area contributed by atoms with Gasteiger partial charge in [-0.3, -0.25) is 4.79 Å². The normalized spacial score (nSPS) is 20.3. The van der Waals surface area contributed by atoms with Crippen LogP contribution in [0.15, 0.2) is 15.0 Å². The Labute approximate surface area is 167 Å². The third-order valence-electron chi connectivity index (χ3n) is 4.55. The number of carbonyl (C=O) groups is 1. The van der Waals surface area contributed by atoms with Gasteiger partial charge in [-0.1, -0.05) is 37.0 Å². The molecular weight excluding hydrogens is 456 g/mol. The third-order valence-corrected chi connectivity index (χ3v) is 5.63. The molecule has 1 aliphatic rings. The number of hydrogen-bond donors (Lipinski definition) is 0. The molecule has 0 heterocycles. The lowest BCUT2D eigenvalue weighted by molar-refractivity contribution is -0.147. The van der Waals surface area contributed by atoms with Crippen LogP contribution in [0.2, 0.25) is 0 Å². The zero-order valence-electron chi connectivity index (χ0n) is 13.8. The molecule has 0 radical (unpaired) electrons. The van der Waals surface area contributed by atoms with Gasteiger partial charge in [-0.05, 0) is 33.3 Å². The zero-order valence-corrected chi connectivity index (χ0v) is 16.9. The van der Waals surface area contributed by atoms with E-state index in [1.54, 1.807) is 0 Å². The lowest BCUT2D eigenvalue weighted by Gasteiger charge is -2.12. The van der Waals surface area contributed by atoms with Crippen molar-refractivity contribution in [2.75, 3.05) is 0 Å². The molecule has 140 valence electrons. The molecule has 2 nitrogen and oxygen atoms in total. The van der Waals surface area contributed by atoms with Gasteiger partial charge in [0, 0.05) is 17.5 Å². The predicted octanol–water partition coefficient (Wildman–Crippen LogP) is 5.68. The van der Waals surface area contributed by atoms with Crippen molar-refractivity contribution in [3.05, 3.63) is 43.6 Å². The van der Waals surface area contributed by atoms with Crippen LogP contribution in [0.25, 0.3) is 0 Å². The molecule has 26 heavy (non-hydrogen) atoms. The molecule has 8 heteroatoms. The van der Waals surface area contributed by atoms with Crippen molar-refractivity contribution in [1.82, 2.24) is 0 Å². The quantitative estimate of drug-likeness (QED) is 0.315. The van der Waals surface area contributed by atoms with Gasteiger partial charge in [0.1, 0.15) is 16.9 Å². The van der Waals surface area contributed by atoms with E-state index in [-0.39, 0.29) is 14.9 Å². The van der Waals surface area contributed by atoms with Gasteiger partial charge in [0.25, 0.3) is 0 Å². The van der Waals surface area contributed by atoms with Crippen molar-refractivity contribution in [3.63, 3.8) is 0 Å². The Morgan fingerprint density at radius 1 is 1.27 bits per heavy atom. The molecule has 1 aliphatic carbocycles. The Morgan fingerprint density at radius 2 is 1.85 bits per heavy atom. The van der Waals surface area contributed by atoms with Gasteiger partial charge in [-0.2, -0.15) is 0 Å². The molecule has 0 aromatic heterocycles. The second-order valence-corrected chi connectivity index (χ2v) is 8.28. The van der Waals surface area contributed by atoms with Gasteiger partial charge in [0.05, 0.1) is 10.4 Å². The maximum atomic E-state index is 14.2. The smallest absolute Gasteiger partial charge is 0.310 e. The van der Waals surface area contributed by atoms with E-state index in [9.17, 15) is 18.0 Å². The van der Waals surface area contributed by atoms with Crippen molar-refractivity contribution in [2.24, 2.45) is 17.3 Å². The van der Waals surface area contributed by atoms with E-state index in [1.807, 2.05) is 13.8 Å². The van der Waals surface area contributed by atoms with Crippen LogP contribution in [0, 0.1) is 47.0 Å². The number of esters is 1. The van der Waals surface area contributed by atoms with Gasteiger partial charge >= 0.3 is 5.97 Å². The first kappa shape index (κ1) is 21.1. The van der Waals surface area contributed by atoms with Gasteiger partial charge in [0.15, 0.2) is 11.6 Å². The molecule has 0 unspecified atom stereocenters. The fourth-order valence-electron chi connectivity index (χ4n) is 2.91. The van der Waals surface area contributed by atoms with E-state index >= 15 is 0 Å². The topological polar surface area (TPSA) is 26.3 Å². The summed E-state index contributed by atoms with van der Waals surface area (Å²) in [6.07, 6.45) is 6.16. The first-order valence-electron chi connectivity index (χ1n) is 7.50. The molecular formula is C18H14BrCl2F3O2. The molecule has 0 amide bonds. The van der Waals surface area contributed by atoms with Crippen LogP contribution in [-0.2, 0) is 22.6 Å². The highest BCUT2D eigenvalue weighted by atomic mass is 79.9. The lowest BCUT2D eigenvalue weighted by atomic mass is 10.1. The van der Waals surface area contributed by atoms with Crippen molar-refractivity contribution in [1.29, 1.82) is 0 Å². The van der Waals surface area contributed by atoms with Crippen LogP contribution in [0.3, 0.4) is 0 Å². The lowest BCUT2D eigenvalue weighted by Crippen LogP contribution is -2.13. The largest absolute Gasteiger partial charge is 0.460 e. The number of allylic oxidation sites excluding steroid dienone is 1. The minimum atomic E-state index is -1.39. The highest BCUT2D eigenvalue weighted by molar-refractivity contribution is 9.10. The number of ether oxygens (including phenoxy) is 1. The van der Waals surface area contributed by atoms with E-state index in [0.717, 1.165) is 0 Å². The average Bonchev–Trinajstić information content (AvgIpc) is 3.09. The Morgan fingerprint density at radius 3 is 2.38 bits per heavy atom. The maximum absolute atomic E-state index is 14.2. The van der Waals surface area contributed by atoms with E-state index in [0.29, 0.717) is 0 Å². The third kappa shape index (κ3) is 3.90. The molecule has 2 atom stereocenters. The highest BCUT2D eigenvalue weighted by Crippen LogP contribution is 2.60. The van der Waals surface area contributed by atoms with Crippen molar-refractivity contribution in [3.8, 4) is 12.3 Å². The molecule has 1 fully saturated rings. The zero-order chi connectivity index (χ0) is 19.8. The summed E-state index contributed by atoms with van der Waals surface area (Å²) < 4.78 is 47.2. The second kappa shape index (κ2) is 7.84. The summed E-state index contributed by atoms with van der Waals surface area (Å²) >= 11 is 14.1. The minimum absolute atomic E-state index is 0.0282. The number of carbonyl (C=O) groups excluding carboxylic acids is 1. The van der Waals surface area contributed by atoms with Gasteiger partial charge in [-0.25, -0.2) is 13.2 Å². The van der Waals surface area contributed by atoms with Crippen LogP contribution >= 0.6 is 39.1 Å². The van der Waals surface area contributed by atoms with Gasteiger partial charge < -0.3 is 4.74 Å². The molecule has 1 aromatic carbocycles. The first-order chi connectivity index (χ1) is 12.0. The first-order valence-corrected chi connectivity index (χ1v) is 9.05. The SMILES string of the molecule is C#CCc1c(F)c(F)c(COC(=O)[C@@H]2[C@@H](C=C(Cl)Cl)C2(C)C)c(Br)c1F. The monoisotopic (exact) mass is 468 g/mol. The molecule has 2 rings (SSSR count). The summed E-state index contributed by atoms with van der Waals surface area (Å²) in [5.74, 6) is -3.07. The van der Waals surface area contributed by atoms with E-state index < -0.39 is 58.9 Å². The average molecular weight is 470 g/mol. The minimum Gasteiger partial charge on any atom is -0.460 e. The van der Waals surface area contributed by atoms with Crippen molar-refractivity contribution < 1.29 is 22.7 Å². The summed E-state index contributed by atoms with van der Waals surface area (Å²) in [6, 6.07) is 0. The summed E-state index contributed by atoms with van der Waals surface area (Å²) in [5, 5.41) is 0. The number of benzene rings is 1. The van der Waals surface area contributed by atoms with Crippen molar-refractivity contribution in [2.45, 2.75) is 26.9 Å². The standard InChI is InChI=1S/C18H14BrCl2F3O2/c1-4-5-8-14(22)13(19)9(16(24)15(8)23)7-26-17(25)12-10(6-11(20)21)18(12,2)3/h1,6,10,12H,5,7H2,2-3H3/t10-,12+/m1/s1. The number of rotatable bonds is 5. The second-order valence-electron chi connectivity index (χ2n) is 6.48. The Balaban J connectivity index is 2.20. The van der Waals surface area contributed by atoms with E-state index in [1.165, 1.54) is 6.08 Å². The molecule has 1 saturated carbocycles. The van der Waals surface area contributed by atoms with Crippen LogP contribution in [0.4, 0.5) is 13.2 Å². The summed E-state index contributed by atoms with van der Waals surface area (Å²) in [7, 11) is 0. The van der Waals surface area contributed by atoms with Crippen molar-refractivity contribution >= 4 is 45.1 Å². The molecule has 0 bridgehead atoms. The Kier molecular flexibility index (Phi) is 6.37. The molecule has 0 spiro atoms. The summed E-state index contributed by atoms with van der Waals surface area (Å²) in [6.45, 7) is 3.01. The van der Waals surface area contributed by atoms with Gasteiger partial charge in [-0.15, -0.1) is 12.3 Å². The Hall–Kier alpha value is -1.16. The molecule has 1 aromatic rings. The molecule has 0 N–H and O–H groups in total. The van der Waals surface area contributed by atoms with Crippen LogP contribution < -0.4 is 0 Å². The number of hydrogen-bond acceptors (Lipinski definition) is 2. The van der Waals surface area contributed by atoms with E-state index in [2.05, 4.69) is 21.9 Å². The fraction of sp³-hybridized carbons (Fsp3) is 0.389. The number of terminal acetylenes is 1.